The molecule has 25 heavy (non-hydrogen) atoms. The molecular formula is C21H22N2O2. The number of hydrogen-bond donors (Lipinski definition) is 1. The molecule has 1 unspecified atom stereocenters. The van der Waals surface area contributed by atoms with E-state index >= 15 is 0 Å². The molecule has 0 aromatic heterocycles. The molecule has 1 atom stereocenters. The van der Waals surface area contributed by atoms with Gasteiger partial charge in [0.2, 0.25) is 11.8 Å². The van der Waals surface area contributed by atoms with Crippen molar-refractivity contribution in [2.24, 2.45) is 5.92 Å². The molecule has 0 saturated heterocycles. The van der Waals surface area contributed by atoms with Crippen LogP contribution in [0.15, 0.2) is 48.5 Å². The second kappa shape index (κ2) is 6.36. The highest BCUT2D eigenvalue weighted by Gasteiger charge is 2.37. The van der Waals surface area contributed by atoms with Crippen molar-refractivity contribution >= 4 is 23.2 Å². The van der Waals surface area contributed by atoms with Crippen molar-refractivity contribution in [2.45, 2.75) is 32.1 Å². The van der Waals surface area contributed by atoms with Gasteiger partial charge in [0.05, 0.1) is 5.92 Å². The van der Waals surface area contributed by atoms with Gasteiger partial charge in [0, 0.05) is 24.8 Å². The lowest BCUT2D eigenvalue weighted by Crippen LogP contribution is -2.26. The zero-order valence-electron chi connectivity index (χ0n) is 14.4. The molecule has 1 N–H and O–H groups in total. The molecule has 2 aromatic carbocycles. The quantitative estimate of drug-likeness (QED) is 0.926. The highest BCUT2D eigenvalue weighted by molar-refractivity contribution is 5.98. The molecule has 0 spiro atoms. The van der Waals surface area contributed by atoms with E-state index in [4.69, 9.17) is 0 Å². The van der Waals surface area contributed by atoms with Gasteiger partial charge >= 0.3 is 0 Å². The van der Waals surface area contributed by atoms with Gasteiger partial charge in [-0.3, -0.25) is 9.59 Å². The molecule has 2 amide bonds. The smallest absolute Gasteiger partial charge is 0.232 e. The standard InChI is InChI=1S/C21H22N2O2/c1-14(24)23-12-11-15-9-10-18(13-19(15)23)22-21(25)20(17-7-8-17)16-5-3-2-4-6-16/h2-6,9-10,13,17,20H,7-8,11-12H2,1H3,(H,22,25). The number of fused-ring (bicyclic) bond motifs is 1. The predicted octanol–water partition coefficient (Wildman–Crippen LogP) is 3.73. The second-order valence-electron chi connectivity index (χ2n) is 6.98. The van der Waals surface area contributed by atoms with Crippen LogP contribution in [-0.4, -0.2) is 18.4 Å². The molecule has 0 bridgehead atoms. The van der Waals surface area contributed by atoms with Gasteiger partial charge in [-0.15, -0.1) is 0 Å². The number of anilines is 2. The molecular weight excluding hydrogens is 312 g/mol. The van der Waals surface area contributed by atoms with Crippen molar-refractivity contribution in [3.63, 3.8) is 0 Å². The number of nitrogens with zero attached hydrogens (tertiary/aromatic N) is 1. The lowest BCUT2D eigenvalue weighted by atomic mass is 9.93. The number of carbonyl (C=O) groups is 2. The van der Waals surface area contributed by atoms with Gasteiger partial charge in [0.15, 0.2) is 0 Å². The number of nitrogens with one attached hydrogen (secondary N) is 1. The minimum Gasteiger partial charge on any atom is -0.325 e. The Bertz CT molecular complexity index is 812. The second-order valence-corrected chi connectivity index (χ2v) is 6.98. The third-order valence-corrected chi connectivity index (χ3v) is 5.16. The summed E-state index contributed by atoms with van der Waals surface area (Å²) < 4.78 is 0. The lowest BCUT2D eigenvalue weighted by molar-refractivity contribution is -0.118. The van der Waals surface area contributed by atoms with E-state index in [0.29, 0.717) is 5.92 Å². The first-order valence-electron chi connectivity index (χ1n) is 8.90. The molecule has 1 fully saturated rings. The molecule has 1 heterocycles. The normalized spacial score (nSPS) is 17.1. The van der Waals surface area contributed by atoms with Crippen LogP contribution in [0, 0.1) is 5.92 Å². The molecule has 4 rings (SSSR count). The summed E-state index contributed by atoms with van der Waals surface area (Å²) >= 11 is 0. The largest absolute Gasteiger partial charge is 0.325 e. The van der Waals surface area contributed by atoms with Crippen LogP contribution in [0.2, 0.25) is 0 Å². The Hall–Kier alpha value is -2.62. The van der Waals surface area contributed by atoms with Gasteiger partial charge in [-0.1, -0.05) is 36.4 Å². The number of hydrogen-bond acceptors (Lipinski definition) is 2. The zero-order chi connectivity index (χ0) is 17.4. The molecule has 1 saturated carbocycles. The number of rotatable bonds is 4. The molecule has 2 aromatic rings. The fourth-order valence-electron chi connectivity index (χ4n) is 3.73. The maximum absolute atomic E-state index is 12.9. The minimum absolute atomic E-state index is 0.0426. The van der Waals surface area contributed by atoms with Crippen molar-refractivity contribution in [1.82, 2.24) is 0 Å². The van der Waals surface area contributed by atoms with Crippen LogP contribution in [0.1, 0.15) is 36.8 Å². The van der Waals surface area contributed by atoms with E-state index in [1.807, 2.05) is 48.5 Å². The van der Waals surface area contributed by atoms with Gasteiger partial charge < -0.3 is 10.2 Å². The Morgan fingerprint density at radius 3 is 2.56 bits per heavy atom. The summed E-state index contributed by atoms with van der Waals surface area (Å²) in [6.07, 6.45) is 3.09. The highest BCUT2D eigenvalue weighted by atomic mass is 16.2. The fourth-order valence-corrected chi connectivity index (χ4v) is 3.73. The van der Waals surface area contributed by atoms with E-state index in [9.17, 15) is 9.59 Å². The van der Waals surface area contributed by atoms with Crippen LogP contribution < -0.4 is 10.2 Å². The first-order chi connectivity index (χ1) is 12.1. The van der Waals surface area contributed by atoms with Crippen molar-refractivity contribution < 1.29 is 9.59 Å². The lowest BCUT2D eigenvalue weighted by Gasteiger charge is -2.19. The summed E-state index contributed by atoms with van der Waals surface area (Å²) in [6, 6.07) is 15.9. The third kappa shape index (κ3) is 3.16. The van der Waals surface area contributed by atoms with Crippen LogP contribution in [-0.2, 0) is 16.0 Å². The van der Waals surface area contributed by atoms with Gasteiger partial charge in [0.1, 0.15) is 0 Å². The van der Waals surface area contributed by atoms with Crippen LogP contribution in [0.4, 0.5) is 11.4 Å². The van der Waals surface area contributed by atoms with Gasteiger partial charge in [-0.2, -0.15) is 0 Å². The average molecular weight is 334 g/mol. The monoisotopic (exact) mass is 334 g/mol. The molecule has 4 heteroatoms. The molecule has 128 valence electrons. The van der Waals surface area contributed by atoms with E-state index < -0.39 is 0 Å². The summed E-state index contributed by atoms with van der Waals surface area (Å²) in [5, 5.41) is 3.07. The molecule has 1 aliphatic heterocycles. The highest BCUT2D eigenvalue weighted by Crippen LogP contribution is 2.43. The van der Waals surface area contributed by atoms with Crippen LogP contribution in [0.25, 0.3) is 0 Å². The van der Waals surface area contributed by atoms with Crippen molar-refractivity contribution in [1.29, 1.82) is 0 Å². The van der Waals surface area contributed by atoms with E-state index in [1.165, 1.54) is 0 Å². The SMILES string of the molecule is CC(=O)N1CCc2ccc(NC(=O)C(c3ccccc3)C3CC3)cc21. The summed E-state index contributed by atoms with van der Waals surface area (Å²) in [6.45, 7) is 2.30. The first kappa shape index (κ1) is 15.9. The maximum Gasteiger partial charge on any atom is 0.232 e. The van der Waals surface area contributed by atoms with Crippen LogP contribution in [0.3, 0.4) is 0 Å². The minimum atomic E-state index is -0.0987. The van der Waals surface area contributed by atoms with Gasteiger partial charge in [-0.25, -0.2) is 0 Å². The number of benzene rings is 2. The summed E-state index contributed by atoms with van der Waals surface area (Å²) in [5.74, 6) is 0.423. The number of amides is 2. The Morgan fingerprint density at radius 1 is 1.12 bits per heavy atom. The number of carbonyl (C=O) groups excluding carboxylic acids is 2. The topological polar surface area (TPSA) is 49.4 Å². The molecule has 1 aliphatic carbocycles. The van der Waals surface area contributed by atoms with Crippen molar-refractivity contribution in [3.8, 4) is 0 Å². The van der Waals surface area contributed by atoms with Crippen LogP contribution >= 0.6 is 0 Å². The summed E-state index contributed by atoms with van der Waals surface area (Å²) in [5.41, 5.74) is 3.93. The van der Waals surface area contributed by atoms with E-state index in [0.717, 1.165) is 48.3 Å². The Balaban J connectivity index is 1.56. The van der Waals surface area contributed by atoms with Gasteiger partial charge in [0.25, 0.3) is 0 Å². The Kier molecular flexibility index (Phi) is 4.04. The zero-order valence-corrected chi connectivity index (χ0v) is 14.4. The van der Waals surface area contributed by atoms with Crippen LogP contribution in [0.5, 0.6) is 0 Å². The Morgan fingerprint density at radius 2 is 1.88 bits per heavy atom. The average Bonchev–Trinajstić information content (AvgIpc) is 3.33. The van der Waals surface area contributed by atoms with Gasteiger partial charge in [-0.05, 0) is 48.4 Å². The first-order valence-corrected chi connectivity index (χ1v) is 8.90. The molecule has 2 aliphatic rings. The maximum atomic E-state index is 12.9. The molecule has 4 nitrogen and oxygen atoms in total. The fraction of sp³-hybridized carbons (Fsp3) is 0.333. The summed E-state index contributed by atoms with van der Waals surface area (Å²) in [7, 11) is 0. The molecule has 0 radical (unpaired) electrons. The summed E-state index contributed by atoms with van der Waals surface area (Å²) in [4.78, 5) is 26.5. The van der Waals surface area contributed by atoms with E-state index in [1.54, 1.807) is 11.8 Å². The third-order valence-electron chi connectivity index (χ3n) is 5.16. The van der Waals surface area contributed by atoms with Crippen molar-refractivity contribution in [3.05, 3.63) is 59.7 Å². The Labute approximate surface area is 147 Å². The van der Waals surface area contributed by atoms with Crippen molar-refractivity contribution in [2.75, 3.05) is 16.8 Å². The predicted molar refractivity (Wildman–Crippen MR) is 98.7 cm³/mol. The van der Waals surface area contributed by atoms with E-state index in [-0.39, 0.29) is 17.7 Å². The van der Waals surface area contributed by atoms with E-state index in [2.05, 4.69) is 5.32 Å².